The van der Waals surface area contributed by atoms with Crippen molar-refractivity contribution in [2.75, 3.05) is 57.4 Å². The molecule has 2 fully saturated rings. The zero-order valence-corrected chi connectivity index (χ0v) is 16.1. The minimum atomic E-state index is -0.264. The standard InChI is InChI=1S/C21H23FN4O3/c22-17-1-3-18(4-2-17)24-7-9-25(10-8-24)21(28)19-15-16(5-6-23-19)20(27)26-11-13-29-14-12-26/h1-6,15H,7-14H2. The second kappa shape index (κ2) is 8.57. The lowest BCUT2D eigenvalue weighted by molar-refractivity contribution is 0.0303. The normalized spacial score (nSPS) is 17.3. The van der Waals surface area contributed by atoms with Gasteiger partial charge in [-0.15, -0.1) is 0 Å². The van der Waals surface area contributed by atoms with Gasteiger partial charge in [0.2, 0.25) is 0 Å². The van der Waals surface area contributed by atoms with Crippen molar-refractivity contribution in [2.45, 2.75) is 0 Å². The molecule has 2 aliphatic heterocycles. The lowest BCUT2D eigenvalue weighted by Gasteiger charge is -2.36. The van der Waals surface area contributed by atoms with Crippen LogP contribution in [0.3, 0.4) is 0 Å². The molecule has 2 aromatic rings. The number of hydrogen-bond acceptors (Lipinski definition) is 5. The molecule has 0 radical (unpaired) electrons. The van der Waals surface area contributed by atoms with Gasteiger partial charge in [-0.25, -0.2) is 4.39 Å². The molecule has 1 aromatic heterocycles. The lowest BCUT2D eigenvalue weighted by atomic mass is 10.1. The lowest BCUT2D eigenvalue weighted by Crippen LogP contribution is -2.49. The molecular formula is C21H23FN4O3. The summed E-state index contributed by atoms with van der Waals surface area (Å²) in [6, 6.07) is 9.58. The molecule has 1 aromatic carbocycles. The van der Waals surface area contributed by atoms with E-state index in [1.54, 1.807) is 34.1 Å². The third kappa shape index (κ3) is 4.37. The van der Waals surface area contributed by atoms with Gasteiger partial charge < -0.3 is 19.4 Å². The minimum absolute atomic E-state index is 0.106. The maximum Gasteiger partial charge on any atom is 0.272 e. The molecule has 152 valence electrons. The molecule has 2 aliphatic rings. The predicted molar refractivity (Wildman–Crippen MR) is 105 cm³/mol. The average molecular weight is 398 g/mol. The topological polar surface area (TPSA) is 66.0 Å². The summed E-state index contributed by atoms with van der Waals surface area (Å²) in [4.78, 5) is 35.3. The van der Waals surface area contributed by atoms with Crippen LogP contribution >= 0.6 is 0 Å². The highest BCUT2D eigenvalue weighted by Crippen LogP contribution is 2.18. The van der Waals surface area contributed by atoms with E-state index in [0.29, 0.717) is 58.0 Å². The number of anilines is 1. The summed E-state index contributed by atoms with van der Waals surface area (Å²) >= 11 is 0. The van der Waals surface area contributed by atoms with Gasteiger partial charge in [0, 0.05) is 56.7 Å². The highest BCUT2D eigenvalue weighted by atomic mass is 19.1. The number of carbonyl (C=O) groups is 2. The molecule has 0 bridgehead atoms. The number of amides is 2. The van der Waals surface area contributed by atoms with Gasteiger partial charge in [-0.3, -0.25) is 14.6 Å². The van der Waals surface area contributed by atoms with Crippen LogP contribution in [0.25, 0.3) is 0 Å². The summed E-state index contributed by atoms with van der Waals surface area (Å²) in [6.07, 6.45) is 1.51. The fourth-order valence-electron chi connectivity index (χ4n) is 3.61. The molecule has 0 N–H and O–H groups in total. The molecular weight excluding hydrogens is 375 g/mol. The number of nitrogens with zero attached hydrogens (tertiary/aromatic N) is 4. The van der Waals surface area contributed by atoms with E-state index in [-0.39, 0.29) is 23.3 Å². The van der Waals surface area contributed by atoms with Gasteiger partial charge in [-0.1, -0.05) is 0 Å². The Labute approximate surface area is 168 Å². The average Bonchev–Trinajstić information content (AvgIpc) is 2.79. The van der Waals surface area contributed by atoms with E-state index in [4.69, 9.17) is 4.74 Å². The van der Waals surface area contributed by atoms with Crippen LogP contribution in [0, 0.1) is 5.82 Å². The molecule has 0 saturated carbocycles. The van der Waals surface area contributed by atoms with Gasteiger partial charge in [0.25, 0.3) is 11.8 Å². The summed E-state index contributed by atoms with van der Waals surface area (Å²) in [6.45, 7) is 4.56. The van der Waals surface area contributed by atoms with E-state index in [9.17, 15) is 14.0 Å². The van der Waals surface area contributed by atoms with Gasteiger partial charge in [0.05, 0.1) is 13.2 Å². The third-order valence-corrected chi connectivity index (χ3v) is 5.28. The molecule has 2 amide bonds. The number of halogens is 1. The molecule has 0 aliphatic carbocycles. The Morgan fingerprint density at radius 3 is 2.21 bits per heavy atom. The summed E-state index contributed by atoms with van der Waals surface area (Å²) in [5.41, 5.74) is 1.68. The molecule has 0 unspecified atom stereocenters. The number of rotatable bonds is 3. The summed E-state index contributed by atoms with van der Waals surface area (Å²) in [5, 5.41) is 0. The van der Waals surface area contributed by atoms with Crippen molar-refractivity contribution in [3.8, 4) is 0 Å². The van der Waals surface area contributed by atoms with Crippen molar-refractivity contribution in [1.29, 1.82) is 0 Å². The smallest absolute Gasteiger partial charge is 0.272 e. The van der Waals surface area contributed by atoms with Crippen LogP contribution in [0.4, 0.5) is 10.1 Å². The molecule has 3 heterocycles. The monoisotopic (exact) mass is 398 g/mol. The number of pyridine rings is 1. The summed E-state index contributed by atoms with van der Waals surface area (Å²) < 4.78 is 18.4. The van der Waals surface area contributed by atoms with Gasteiger partial charge in [0.15, 0.2) is 0 Å². The van der Waals surface area contributed by atoms with Crippen LogP contribution < -0.4 is 4.90 Å². The number of carbonyl (C=O) groups excluding carboxylic acids is 2. The second-order valence-electron chi connectivity index (χ2n) is 7.09. The van der Waals surface area contributed by atoms with Crippen LogP contribution in [0.2, 0.25) is 0 Å². The zero-order valence-electron chi connectivity index (χ0n) is 16.1. The quantitative estimate of drug-likeness (QED) is 0.787. The fraction of sp³-hybridized carbons (Fsp3) is 0.381. The number of morpholine rings is 1. The highest BCUT2D eigenvalue weighted by molar-refractivity contribution is 5.98. The van der Waals surface area contributed by atoms with E-state index >= 15 is 0 Å². The van der Waals surface area contributed by atoms with Crippen LogP contribution in [-0.2, 0) is 4.74 Å². The van der Waals surface area contributed by atoms with E-state index < -0.39 is 0 Å². The third-order valence-electron chi connectivity index (χ3n) is 5.28. The first-order chi connectivity index (χ1) is 14.1. The summed E-state index contributed by atoms with van der Waals surface area (Å²) in [5.74, 6) is -0.550. The highest BCUT2D eigenvalue weighted by Gasteiger charge is 2.25. The Morgan fingerprint density at radius 1 is 0.862 bits per heavy atom. The predicted octanol–water partition coefficient (Wildman–Crippen LogP) is 1.66. The Morgan fingerprint density at radius 2 is 1.52 bits per heavy atom. The van der Waals surface area contributed by atoms with E-state index in [2.05, 4.69) is 9.88 Å². The van der Waals surface area contributed by atoms with E-state index in [1.165, 1.54) is 18.3 Å². The second-order valence-corrected chi connectivity index (χ2v) is 7.09. The SMILES string of the molecule is O=C(c1ccnc(C(=O)N2CCN(c3ccc(F)cc3)CC2)c1)N1CCOCC1. The van der Waals surface area contributed by atoms with Gasteiger partial charge >= 0.3 is 0 Å². The molecule has 2 saturated heterocycles. The maximum absolute atomic E-state index is 13.1. The number of benzene rings is 1. The Balaban J connectivity index is 1.40. The number of piperazine rings is 1. The van der Waals surface area contributed by atoms with Crippen molar-refractivity contribution < 1.29 is 18.7 Å². The number of hydrogen-bond donors (Lipinski definition) is 0. The molecule has 7 nitrogen and oxygen atoms in total. The zero-order chi connectivity index (χ0) is 20.2. The van der Waals surface area contributed by atoms with Crippen molar-refractivity contribution in [1.82, 2.24) is 14.8 Å². The van der Waals surface area contributed by atoms with Crippen LogP contribution in [0.15, 0.2) is 42.6 Å². The molecule has 0 spiro atoms. The molecule has 0 atom stereocenters. The van der Waals surface area contributed by atoms with Crippen LogP contribution in [0.1, 0.15) is 20.8 Å². The van der Waals surface area contributed by atoms with Crippen molar-refractivity contribution >= 4 is 17.5 Å². The maximum atomic E-state index is 13.1. The Bertz CT molecular complexity index is 876. The first kappa shape index (κ1) is 19.3. The first-order valence-electron chi connectivity index (χ1n) is 9.75. The van der Waals surface area contributed by atoms with Crippen LogP contribution in [0.5, 0.6) is 0 Å². The Kier molecular flexibility index (Phi) is 5.71. The Hall–Kier alpha value is -3.00. The van der Waals surface area contributed by atoms with Crippen molar-refractivity contribution in [3.05, 3.63) is 59.7 Å². The van der Waals surface area contributed by atoms with Gasteiger partial charge in [0.1, 0.15) is 11.5 Å². The van der Waals surface area contributed by atoms with Gasteiger partial charge in [-0.05, 0) is 36.4 Å². The number of ether oxygens (including phenoxy) is 1. The van der Waals surface area contributed by atoms with Crippen molar-refractivity contribution in [2.24, 2.45) is 0 Å². The molecule has 8 heteroatoms. The molecule has 29 heavy (non-hydrogen) atoms. The summed E-state index contributed by atoms with van der Waals surface area (Å²) in [7, 11) is 0. The first-order valence-corrected chi connectivity index (χ1v) is 9.75. The fourth-order valence-corrected chi connectivity index (χ4v) is 3.61. The molecule has 4 rings (SSSR count). The largest absolute Gasteiger partial charge is 0.378 e. The minimum Gasteiger partial charge on any atom is -0.378 e. The number of aromatic nitrogens is 1. The van der Waals surface area contributed by atoms with Gasteiger partial charge in [-0.2, -0.15) is 0 Å². The van der Waals surface area contributed by atoms with E-state index in [1.807, 2.05) is 0 Å². The van der Waals surface area contributed by atoms with Crippen LogP contribution in [-0.4, -0.2) is 79.1 Å². The van der Waals surface area contributed by atoms with Crippen molar-refractivity contribution in [3.63, 3.8) is 0 Å². The van der Waals surface area contributed by atoms with E-state index in [0.717, 1.165) is 5.69 Å².